The lowest BCUT2D eigenvalue weighted by atomic mass is 10.1. The Bertz CT molecular complexity index is 892. The van der Waals surface area contributed by atoms with E-state index >= 15 is 0 Å². The van der Waals surface area contributed by atoms with Gasteiger partial charge in [0.1, 0.15) is 11.6 Å². The SMILES string of the molecule is CC(C)(C)OC(=O)N1CCC[C@H]1C(=O)Nc1ccc2cc(Br)ccc2c1N. The predicted octanol–water partition coefficient (Wildman–Crippen LogP) is 4.52. The number of carbonyl (C=O) groups is 2. The fourth-order valence-corrected chi connectivity index (χ4v) is 3.61. The minimum Gasteiger partial charge on any atom is -0.444 e. The van der Waals surface area contributed by atoms with E-state index in [9.17, 15) is 9.59 Å². The lowest BCUT2D eigenvalue weighted by molar-refractivity contribution is -0.120. The second-order valence-corrected chi connectivity index (χ2v) is 8.63. The smallest absolute Gasteiger partial charge is 0.410 e. The van der Waals surface area contributed by atoms with Crippen molar-refractivity contribution in [2.24, 2.45) is 0 Å². The molecule has 2 amide bonds. The molecule has 0 radical (unpaired) electrons. The van der Waals surface area contributed by atoms with Crippen molar-refractivity contribution >= 4 is 50.1 Å². The van der Waals surface area contributed by atoms with Crippen molar-refractivity contribution in [3.63, 3.8) is 0 Å². The quantitative estimate of drug-likeness (QED) is 0.681. The van der Waals surface area contributed by atoms with Crippen LogP contribution in [0.2, 0.25) is 0 Å². The number of nitrogens with two attached hydrogens (primary N) is 1. The monoisotopic (exact) mass is 433 g/mol. The molecule has 3 N–H and O–H groups in total. The largest absolute Gasteiger partial charge is 0.444 e. The molecule has 1 aliphatic heterocycles. The molecule has 7 heteroatoms. The van der Waals surface area contributed by atoms with Crippen LogP contribution in [0.25, 0.3) is 10.8 Å². The lowest BCUT2D eigenvalue weighted by Gasteiger charge is -2.28. The van der Waals surface area contributed by atoms with Gasteiger partial charge in [-0.15, -0.1) is 0 Å². The first-order valence-corrected chi connectivity index (χ1v) is 9.73. The maximum atomic E-state index is 12.8. The first-order valence-electron chi connectivity index (χ1n) is 8.94. The summed E-state index contributed by atoms with van der Waals surface area (Å²) in [5.41, 5.74) is 6.72. The number of halogens is 1. The van der Waals surface area contributed by atoms with Crippen LogP contribution in [0.15, 0.2) is 34.8 Å². The highest BCUT2D eigenvalue weighted by Crippen LogP contribution is 2.31. The Hall–Kier alpha value is -2.28. The minimum absolute atomic E-state index is 0.249. The predicted molar refractivity (Wildman–Crippen MR) is 111 cm³/mol. The fourth-order valence-electron chi connectivity index (χ4n) is 3.23. The zero-order valence-corrected chi connectivity index (χ0v) is 17.3. The summed E-state index contributed by atoms with van der Waals surface area (Å²) in [6.07, 6.45) is 0.904. The van der Waals surface area contributed by atoms with Gasteiger partial charge in [-0.2, -0.15) is 0 Å². The zero-order chi connectivity index (χ0) is 19.8. The third-order valence-electron chi connectivity index (χ3n) is 4.46. The van der Waals surface area contributed by atoms with Gasteiger partial charge in [0.2, 0.25) is 5.91 Å². The van der Waals surface area contributed by atoms with Crippen LogP contribution in [0.5, 0.6) is 0 Å². The van der Waals surface area contributed by atoms with Crippen LogP contribution in [-0.2, 0) is 9.53 Å². The number of nitrogens with one attached hydrogen (secondary N) is 1. The molecule has 1 fully saturated rings. The number of likely N-dealkylation sites (tertiary alicyclic amines) is 1. The number of anilines is 2. The molecule has 27 heavy (non-hydrogen) atoms. The summed E-state index contributed by atoms with van der Waals surface area (Å²) in [7, 11) is 0. The minimum atomic E-state index is -0.599. The summed E-state index contributed by atoms with van der Waals surface area (Å²) in [6.45, 7) is 5.94. The average Bonchev–Trinajstić information content (AvgIpc) is 3.06. The Morgan fingerprint density at radius 2 is 2.00 bits per heavy atom. The third-order valence-corrected chi connectivity index (χ3v) is 4.96. The number of carbonyl (C=O) groups excluding carboxylic acids is 2. The van der Waals surface area contributed by atoms with E-state index in [0.717, 1.165) is 21.7 Å². The van der Waals surface area contributed by atoms with Crippen molar-refractivity contribution in [3.8, 4) is 0 Å². The maximum absolute atomic E-state index is 12.8. The summed E-state index contributed by atoms with van der Waals surface area (Å²) in [5.74, 6) is -0.249. The van der Waals surface area contributed by atoms with Crippen LogP contribution in [0.3, 0.4) is 0 Å². The molecule has 0 aliphatic carbocycles. The van der Waals surface area contributed by atoms with Gasteiger partial charge in [0.25, 0.3) is 0 Å². The van der Waals surface area contributed by atoms with Gasteiger partial charge in [-0.1, -0.05) is 28.1 Å². The number of rotatable bonds is 2. The van der Waals surface area contributed by atoms with Crippen molar-refractivity contribution in [1.29, 1.82) is 0 Å². The van der Waals surface area contributed by atoms with Crippen molar-refractivity contribution in [2.45, 2.75) is 45.3 Å². The average molecular weight is 434 g/mol. The molecule has 0 unspecified atom stereocenters. The number of benzene rings is 2. The number of hydrogen-bond donors (Lipinski definition) is 2. The maximum Gasteiger partial charge on any atom is 0.410 e. The molecule has 1 heterocycles. The lowest BCUT2D eigenvalue weighted by Crippen LogP contribution is -2.45. The molecule has 6 nitrogen and oxygen atoms in total. The second kappa shape index (κ2) is 7.38. The highest BCUT2D eigenvalue weighted by molar-refractivity contribution is 9.10. The van der Waals surface area contributed by atoms with Crippen LogP contribution in [0, 0.1) is 0 Å². The van der Waals surface area contributed by atoms with E-state index in [0.29, 0.717) is 24.3 Å². The number of amides is 2. The number of nitrogen functional groups attached to an aromatic ring is 1. The first kappa shape index (κ1) is 19.5. The molecule has 3 rings (SSSR count). The Balaban J connectivity index is 1.78. The molecular formula is C20H24BrN3O3. The topological polar surface area (TPSA) is 84.7 Å². The Kier molecular flexibility index (Phi) is 5.33. The van der Waals surface area contributed by atoms with E-state index in [1.165, 1.54) is 4.90 Å². The molecule has 0 saturated carbocycles. The highest BCUT2D eigenvalue weighted by Gasteiger charge is 2.36. The van der Waals surface area contributed by atoms with Gasteiger partial charge in [-0.25, -0.2) is 4.79 Å². The number of nitrogens with zero attached hydrogens (tertiary/aromatic N) is 1. The number of ether oxygens (including phenoxy) is 1. The molecule has 1 aliphatic rings. The second-order valence-electron chi connectivity index (χ2n) is 7.71. The van der Waals surface area contributed by atoms with Crippen molar-refractivity contribution < 1.29 is 14.3 Å². The molecule has 1 atom stereocenters. The standard InChI is InChI=1S/C20H24BrN3O3/c1-20(2,3)27-19(26)24-10-4-5-16(24)18(25)23-15-9-6-12-11-13(21)7-8-14(12)17(15)22/h6-9,11,16H,4-5,10,22H2,1-3H3,(H,23,25)/t16-/m0/s1. The summed E-state index contributed by atoms with van der Waals surface area (Å²) in [4.78, 5) is 26.7. The van der Waals surface area contributed by atoms with Crippen molar-refractivity contribution in [3.05, 3.63) is 34.8 Å². The Labute approximate surface area is 167 Å². The summed E-state index contributed by atoms with van der Waals surface area (Å²) in [5, 5.41) is 4.73. The summed E-state index contributed by atoms with van der Waals surface area (Å²) >= 11 is 3.44. The van der Waals surface area contributed by atoms with Gasteiger partial charge in [-0.05, 0) is 57.2 Å². The van der Waals surface area contributed by atoms with Gasteiger partial charge in [0.05, 0.1) is 11.4 Å². The van der Waals surface area contributed by atoms with E-state index in [-0.39, 0.29) is 5.91 Å². The number of hydrogen-bond acceptors (Lipinski definition) is 4. The van der Waals surface area contributed by atoms with Gasteiger partial charge in [0, 0.05) is 16.4 Å². The first-order chi connectivity index (χ1) is 12.7. The molecule has 0 aromatic heterocycles. The Morgan fingerprint density at radius 3 is 2.70 bits per heavy atom. The third kappa shape index (κ3) is 4.35. The molecular weight excluding hydrogens is 410 g/mol. The molecule has 0 bridgehead atoms. The van der Waals surface area contributed by atoms with E-state index in [1.807, 2.05) is 45.0 Å². The van der Waals surface area contributed by atoms with E-state index in [4.69, 9.17) is 10.5 Å². The number of fused-ring (bicyclic) bond motifs is 1. The van der Waals surface area contributed by atoms with E-state index in [1.54, 1.807) is 6.07 Å². The van der Waals surface area contributed by atoms with Crippen LogP contribution >= 0.6 is 15.9 Å². The van der Waals surface area contributed by atoms with Crippen molar-refractivity contribution in [2.75, 3.05) is 17.6 Å². The molecule has 0 spiro atoms. The summed E-state index contributed by atoms with van der Waals surface area (Å²) in [6, 6.07) is 8.93. The van der Waals surface area contributed by atoms with Gasteiger partial charge >= 0.3 is 6.09 Å². The molecule has 2 aromatic carbocycles. The van der Waals surface area contributed by atoms with Crippen LogP contribution < -0.4 is 11.1 Å². The zero-order valence-electron chi connectivity index (χ0n) is 15.7. The molecule has 144 valence electrons. The van der Waals surface area contributed by atoms with E-state index in [2.05, 4.69) is 21.2 Å². The van der Waals surface area contributed by atoms with Crippen molar-refractivity contribution in [1.82, 2.24) is 4.90 Å². The molecule has 2 aromatic rings. The van der Waals surface area contributed by atoms with Gasteiger partial charge in [0.15, 0.2) is 0 Å². The van der Waals surface area contributed by atoms with E-state index < -0.39 is 17.7 Å². The Morgan fingerprint density at radius 1 is 1.26 bits per heavy atom. The molecule has 1 saturated heterocycles. The van der Waals surface area contributed by atoms with Gasteiger partial charge in [-0.3, -0.25) is 9.69 Å². The summed E-state index contributed by atoms with van der Waals surface area (Å²) < 4.78 is 6.39. The van der Waals surface area contributed by atoms with Crippen LogP contribution in [0.4, 0.5) is 16.2 Å². The normalized spacial score (nSPS) is 17.2. The van der Waals surface area contributed by atoms with Gasteiger partial charge < -0.3 is 15.8 Å². The highest BCUT2D eigenvalue weighted by atomic mass is 79.9. The van der Waals surface area contributed by atoms with Crippen LogP contribution in [-0.4, -0.2) is 35.1 Å². The van der Waals surface area contributed by atoms with Crippen LogP contribution in [0.1, 0.15) is 33.6 Å². The fraction of sp³-hybridized carbons (Fsp3) is 0.400.